The molecule has 1 aromatic heterocycles. The summed E-state index contributed by atoms with van der Waals surface area (Å²) in [5.41, 5.74) is 1.35. The Balaban J connectivity index is 2.28. The Morgan fingerprint density at radius 1 is 1.39 bits per heavy atom. The van der Waals surface area contributed by atoms with E-state index in [2.05, 4.69) is 26.2 Å². The van der Waals surface area contributed by atoms with Crippen molar-refractivity contribution in [1.29, 1.82) is 0 Å². The zero-order valence-electron chi connectivity index (χ0n) is 9.58. The fraction of sp³-hybridized carbons (Fsp3) is 0.0769. The Kier molecular flexibility index (Phi) is 3.72. The molecule has 0 unspecified atom stereocenters. The van der Waals surface area contributed by atoms with Crippen molar-refractivity contribution in [2.75, 3.05) is 5.32 Å². The second-order valence-corrected chi connectivity index (χ2v) is 4.53. The zero-order chi connectivity index (χ0) is 13.1. The molecule has 0 atom stereocenters. The number of carbonyl (C=O) groups is 1. The van der Waals surface area contributed by atoms with Crippen molar-refractivity contribution >= 4 is 27.5 Å². The molecule has 0 fully saturated rings. The van der Waals surface area contributed by atoms with E-state index in [1.54, 1.807) is 31.3 Å². The van der Waals surface area contributed by atoms with Gasteiger partial charge in [0.15, 0.2) is 0 Å². The smallest absolute Gasteiger partial charge is 0.258 e. The molecule has 0 spiro atoms. The van der Waals surface area contributed by atoms with Crippen LogP contribution >= 0.6 is 15.9 Å². The summed E-state index contributed by atoms with van der Waals surface area (Å²) < 4.78 is 14.0. The summed E-state index contributed by atoms with van der Waals surface area (Å²) in [6, 6.07) is 7.78. The van der Waals surface area contributed by atoms with Gasteiger partial charge in [0, 0.05) is 6.20 Å². The maximum atomic E-state index is 13.5. The Hall–Kier alpha value is -1.75. The number of hydrogen-bond donors (Lipinski definition) is 1. The molecule has 1 aromatic carbocycles. The molecule has 1 heterocycles. The highest BCUT2D eigenvalue weighted by atomic mass is 79.9. The molecule has 2 aromatic rings. The monoisotopic (exact) mass is 308 g/mol. The van der Waals surface area contributed by atoms with Gasteiger partial charge in [-0.3, -0.25) is 4.79 Å². The predicted octanol–water partition coefficient (Wildman–Crippen LogP) is 3.54. The molecule has 0 saturated heterocycles. The van der Waals surface area contributed by atoms with Crippen molar-refractivity contribution in [3.63, 3.8) is 0 Å². The van der Waals surface area contributed by atoms with Crippen LogP contribution in [0.1, 0.15) is 15.9 Å². The highest BCUT2D eigenvalue weighted by molar-refractivity contribution is 9.10. The first-order valence-corrected chi connectivity index (χ1v) is 6.05. The van der Waals surface area contributed by atoms with Crippen molar-refractivity contribution in [2.45, 2.75) is 6.92 Å². The fourth-order valence-electron chi connectivity index (χ4n) is 1.48. The molecule has 92 valence electrons. The van der Waals surface area contributed by atoms with E-state index in [-0.39, 0.29) is 5.56 Å². The average molecular weight is 309 g/mol. The molecule has 18 heavy (non-hydrogen) atoms. The van der Waals surface area contributed by atoms with E-state index in [0.717, 1.165) is 5.56 Å². The molecular weight excluding hydrogens is 299 g/mol. The van der Waals surface area contributed by atoms with Crippen LogP contribution in [0.25, 0.3) is 0 Å². The predicted molar refractivity (Wildman–Crippen MR) is 71.0 cm³/mol. The number of hydrogen-bond acceptors (Lipinski definition) is 2. The first-order chi connectivity index (χ1) is 8.58. The third kappa shape index (κ3) is 2.73. The number of carbonyl (C=O) groups excluding carboxylic acids is 1. The minimum absolute atomic E-state index is 0.0192. The van der Waals surface area contributed by atoms with Crippen LogP contribution in [-0.4, -0.2) is 10.9 Å². The van der Waals surface area contributed by atoms with Crippen LogP contribution in [0.15, 0.2) is 41.1 Å². The molecular formula is C13H10BrFN2O. The molecule has 0 aliphatic carbocycles. The van der Waals surface area contributed by atoms with Gasteiger partial charge in [0.05, 0.1) is 11.3 Å². The highest BCUT2D eigenvalue weighted by Gasteiger charge is 2.13. The second-order valence-electron chi connectivity index (χ2n) is 3.78. The maximum Gasteiger partial charge on any atom is 0.258 e. The number of rotatable bonds is 2. The van der Waals surface area contributed by atoms with Crippen molar-refractivity contribution in [3.05, 3.63) is 58.1 Å². The van der Waals surface area contributed by atoms with Gasteiger partial charge in [-0.25, -0.2) is 9.37 Å². The van der Waals surface area contributed by atoms with Crippen LogP contribution in [0.5, 0.6) is 0 Å². The lowest BCUT2D eigenvalue weighted by molar-refractivity contribution is 0.102. The zero-order valence-corrected chi connectivity index (χ0v) is 11.2. The molecule has 1 amide bonds. The summed E-state index contributed by atoms with van der Waals surface area (Å²) >= 11 is 3.21. The number of halogens is 2. The molecule has 1 N–H and O–H groups in total. The summed E-state index contributed by atoms with van der Waals surface area (Å²) in [4.78, 5) is 15.9. The first-order valence-electron chi connectivity index (χ1n) is 5.26. The van der Waals surface area contributed by atoms with E-state index in [1.807, 2.05) is 0 Å². The first kappa shape index (κ1) is 12.7. The van der Waals surface area contributed by atoms with Crippen molar-refractivity contribution in [3.8, 4) is 0 Å². The lowest BCUT2D eigenvalue weighted by Crippen LogP contribution is -2.14. The maximum absolute atomic E-state index is 13.5. The number of aryl methyl sites for hydroxylation is 1. The average Bonchev–Trinajstić information content (AvgIpc) is 2.35. The van der Waals surface area contributed by atoms with E-state index >= 15 is 0 Å². The van der Waals surface area contributed by atoms with Crippen molar-refractivity contribution in [1.82, 2.24) is 4.98 Å². The lowest BCUT2D eigenvalue weighted by atomic mass is 10.1. The normalized spacial score (nSPS) is 10.2. The largest absolute Gasteiger partial charge is 0.320 e. The van der Waals surface area contributed by atoms with Gasteiger partial charge in [0.1, 0.15) is 10.4 Å². The minimum atomic E-state index is -0.543. The standard InChI is InChI=1S/C13H10BrFN2O/c1-8-4-5-10(15)9(7-8)13(18)17-11-3-2-6-16-12(11)14/h2-7H,1H3,(H,17,18). The fourth-order valence-corrected chi connectivity index (χ4v) is 1.83. The molecule has 3 nitrogen and oxygen atoms in total. The van der Waals surface area contributed by atoms with Crippen LogP contribution in [0, 0.1) is 12.7 Å². The number of amides is 1. The summed E-state index contributed by atoms with van der Waals surface area (Å²) in [7, 11) is 0. The van der Waals surface area contributed by atoms with Crippen LogP contribution in [-0.2, 0) is 0 Å². The van der Waals surface area contributed by atoms with Gasteiger partial charge in [-0.1, -0.05) is 11.6 Å². The van der Waals surface area contributed by atoms with Crippen molar-refractivity contribution < 1.29 is 9.18 Å². The Bertz CT molecular complexity index is 601. The van der Waals surface area contributed by atoms with Gasteiger partial charge in [-0.15, -0.1) is 0 Å². The topological polar surface area (TPSA) is 42.0 Å². The van der Waals surface area contributed by atoms with Crippen LogP contribution in [0.4, 0.5) is 10.1 Å². The van der Waals surface area contributed by atoms with Gasteiger partial charge in [-0.2, -0.15) is 0 Å². The molecule has 0 aliphatic heterocycles. The molecule has 0 bridgehead atoms. The van der Waals surface area contributed by atoms with Crippen LogP contribution < -0.4 is 5.32 Å². The van der Waals surface area contributed by atoms with Gasteiger partial charge >= 0.3 is 0 Å². The lowest BCUT2D eigenvalue weighted by Gasteiger charge is -2.07. The number of pyridine rings is 1. The number of aromatic nitrogens is 1. The highest BCUT2D eigenvalue weighted by Crippen LogP contribution is 2.20. The van der Waals surface area contributed by atoms with Crippen molar-refractivity contribution in [2.24, 2.45) is 0 Å². The van der Waals surface area contributed by atoms with Crippen LogP contribution in [0.2, 0.25) is 0 Å². The summed E-state index contributed by atoms with van der Waals surface area (Å²) in [6.07, 6.45) is 1.59. The third-order valence-electron chi connectivity index (χ3n) is 2.37. The summed E-state index contributed by atoms with van der Waals surface area (Å²) in [5, 5.41) is 2.61. The third-order valence-corrected chi connectivity index (χ3v) is 3.01. The SMILES string of the molecule is Cc1ccc(F)c(C(=O)Nc2cccnc2Br)c1. The molecule has 0 aliphatic rings. The molecule has 0 radical (unpaired) electrons. The van der Waals surface area contributed by atoms with Gasteiger partial charge < -0.3 is 5.32 Å². The minimum Gasteiger partial charge on any atom is -0.320 e. The number of nitrogens with one attached hydrogen (secondary N) is 1. The Morgan fingerprint density at radius 2 is 2.17 bits per heavy atom. The van der Waals surface area contributed by atoms with Crippen LogP contribution in [0.3, 0.4) is 0 Å². The Labute approximate surface area is 112 Å². The van der Waals surface area contributed by atoms with Gasteiger partial charge in [0.25, 0.3) is 5.91 Å². The second kappa shape index (κ2) is 5.27. The summed E-state index contributed by atoms with van der Waals surface area (Å²) in [6.45, 7) is 1.80. The van der Waals surface area contributed by atoms with E-state index in [0.29, 0.717) is 10.3 Å². The van der Waals surface area contributed by atoms with E-state index in [4.69, 9.17) is 0 Å². The van der Waals surface area contributed by atoms with Gasteiger partial charge in [0.2, 0.25) is 0 Å². The molecule has 5 heteroatoms. The quantitative estimate of drug-likeness (QED) is 0.862. The van der Waals surface area contributed by atoms with Gasteiger partial charge in [-0.05, 0) is 47.1 Å². The molecule has 0 saturated carbocycles. The van der Waals surface area contributed by atoms with E-state index < -0.39 is 11.7 Å². The number of benzene rings is 1. The van der Waals surface area contributed by atoms with E-state index in [1.165, 1.54) is 12.1 Å². The number of nitrogens with zero attached hydrogens (tertiary/aromatic N) is 1. The number of anilines is 1. The van der Waals surface area contributed by atoms with E-state index in [9.17, 15) is 9.18 Å². The Morgan fingerprint density at radius 3 is 2.89 bits per heavy atom. The summed E-state index contributed by atoms with van der Waals surface area (Å²) in [5.74, 6) is -1.04. The molecule has 2 rings (SSSR count).